The number of carbonyl (C=O) groups is 4. The van der Waals surface area contributed by atoms with Gasteiger partial charge in [0, 0.05) is 23.9 Å². The molecule has 310 valence electrons. The molecule has 2 aromatic heterocycles. The lowest BCUT2D eigenvalue weighted by molar-refractivity contribution is -0.136. The number of imidazole rings is 2. The summed E-state index contributed by atoms with van der Waals surface area (Å²) in [6.07, 6.45) is 0.702. The van der Waals surface area contributed by atoms with E-state index >= 15 is 0 Å². The van der Waals surface area contributed by atoms with Gasteiger partial charge in [-0.15, -0.1) is 0 Å². The van der Waals surface area contributed by atoms with Gasteiger partial charge in [0.15, 0.2) is 0 Å². The maximum absolute atomic E-state index is 13.9. The van der Waals surface area contributed by atoms with Crippen LogP contribution in [0.2, 0.25) is 0 Å². The third-order valence-electron chi connectivity index (χ3n) is 12.0. The summed E-state index contributed by atoms with van der Waals surface area (Å²) < 4.78 is 9.57. The molecule has 0 aliphatic carbocycles. The standard InChI is InChI=1S/C45H49N9O6/c1-23(2)36(51-44(57)59-5)42(55)53-17-7-8-34(53)40-47-32-15-11-28-19-26(9-13-30(28)38(32)49-40)27-10-14-31-29(20-27)12-16-33-39(31)50-41(48-33)35-18-25(21-46)22-54(35)43(56)37(24(3)4)52-45(58)60-6/h9-16,19-20,23-25,34-37H,7-8,17-18,22H2,1-6H3,(H,47,49)(H,48,50)(H,51,57)(H,52,58)/t25-,34+,35+,36+,37+/m1/s1. The van der Waals surface area contributed by atoms with Gasteiger partial charge >= 0.3 is 12.2 Å². The van der Waals surface area contributed by atoms with E-state index in [4.69, 9.17) is 19.4 Å². The van der Waals surface area contributed by atoms with Crippen LogP contribution in [0, 0.1) is 29.1 Å². The number of ether oxygens (including phenoxy) is 2. The SMILES string of the molecule is COC(=O)N[C@H](C(=O)N1CCC[C@H]1c1nc2ccc3cc(-c4ccc5c(ccc6nc([C@@H]7C[C@H](C#N)CN7C(=O)[C@@H](NC(=O)OC)C(C)C)[nH]c65)c4)ccc3c2[nH]1)C(C)C. The first-order chi connectivity index (χ1) is 28.9. The Hall–Kier alpha value is -6.69. The highest BCUT2D eigenvalue weighted by molar-refractivity contribution is 6.07. The minimum absolute atomic E-state index is 0.123. The van der Waals surface area contributed by atoms with Crippen LogP contribution in [0.3, 0.4) is 0 Å². The number of fused-ring (bicyclic) bond motifs is 6. The topological polar surface area (TPSA) is 198 Å². The first-order valence-electron chi connectivity index (χ1n) is 20.4. The molecule has 0 bridgehead atoms. The summed E-state index contributed by atoms with van der Waals surface area (Å²) in [5.74, 6) is 0.188. The molecule has 2 aliphatic rings. The smallest absolute Gasteiger partial charge is 0.407 e. The number of aromatic nitrogens is 4. The predicted molar refractivity (Wildman–Crippen MR) is 226 cm³/mol. The highest BCUT2D eigenvalue weighted by atomic mass is 16.5. The molecule has 60 heavy (non-hydrogen) atoms. The van der Waals surface area contributed by atoms with Gasteiger partial charge in [0.1, 0.15) is 23.7 Å². The van der Waals surface area contributed by atoms with E-state index < -0.39 is 30.3 Å². The highest BCUT2D eigenvalue weighted by Gasteiger charge is 2.42. The Morgan fingerprint density at radius 2 is 1.23 bits per heavy atom. The second-order valence-electron chi connectivity index (χ2n) is 16.5. The molecule has 2 saturated heterocycles. The zero-order valence-corrected chi connectivity index (χ0v) is 34.5. The molecule has 8 rings (SSSR count). The van der Waals surface area contributed by atoms with Crippen molar-refractivity contribution in [1.82, 2.24) is 40.4 Å². The fraction of sp³-hybridized carbons (Fsp3) is 0.400. The Balaban J connectivity index is 1.06. The van der Waals surface area contributed by atoms with Crippen molar-refractivity contribution < 1.29 is 28.7 Å². The number of nitrogens with one attached hydrogen (secondary N) is 4. The minimum atomic E-state index is -0.818. The quantitative estimate of drug-likeness (QED) is 0.116. The molecule has 0 radical (unpaired) electrons. The summed E-state index contributed by atoms with van der Waals surface area (Å²) in [7, 11) is 2.55. The number of nitrogens with zero attached hydrogens (tertiary/aromatic N) is 5. The van der Waals surface area contributed by atoms with Gasteiger partial charge < -0.3 is 39.9 Å². The molecule has 0 unspecified atom stereocenters. The van der Waals surface area contributed by atoms with Gasteiger partial charge in [0.05, 0.1) is 60.4 Å². The number of alkyl carbamates (subject to hydrolysis) is 2. The summed E-state index contributed by atoms with van der Waals surface area (Å²) >= 11 is 0. The number of amides is 4. The summed E-state index contributed by atoms with van der Waals surface area (Å²) in [5.41, 5.74) is 5.40. The molecular weight excluding hydrogens is 763 g/mol. The fourth-order valence-corrected chi connectivity index (χ4v) is 8.84. The molecule has 2 fully saturated rings. The van der Waals surface area contributed by atoms with Crippen molar-refractivity contribution in [3.05, 3.63) is 72.3 Å². The largest absolute Gasteiger partial charge is 0.453 e. The Morgan fingerprint density at radius 1 is 0.733 bits per heavy atom. The molecular formula is C45H49N9O6. The Kier molecular flexibility index (Phi) is 10.8. The summed E-state index contributed by atoms with van der Waals surface area (Å²) in [6, 6.07) is 20.8. The Labute approximate surface area is 346 Å². The van der Waals surface area contributed by atoms with E-state index in [1.54, 1.807) is 4.90 Å². The van der Waals surface area contributed by atoms with Gasteiger partial charge in [0.2, 0.25) is 11.8 Å². The zero-order valence-electron chi connectivity index (χ0n) is 34.5. The number of H-pyrrole nitrogens is 2. The molecule has 0 spiro atoms. The van der Waals surface area contributed by atoms with Gasteiger partial charge in [0.25, 0.3) is 0 Å². The number of carbonyl (C=O) groups excluding carboxylic acids is 4. The van der Waals surface area contributed by atoms with Gasteiger partial charge in [-0.25, -0.2) is 19.6 Å². The molecule has 4 aromatic carbocycles. The van der Waals surface area contributed by atoms with E-state index in [-0.39, 0.29) is 42.2 Å². The Bertz CT molecular complexity index is 2700. The van der Waals surface area contributed by atoms with E-state index in [1.807, 2.05) is 50.8 Å². The van der Waals surface area contributed by atoms with Crippen molar-refractivity contribution >= 4 is 67.6 Å². The van der Waals surface area contributed by atoms with Crippen molar-refractivity contribution in [2.75, 3.05) is 27.3 Å². The normalized spacial score (nSPS) is 19.0. The maximum Gasteiger partial charge on any atom is 0.407 e. The average Bonchev–Trinajstić information content (AvgIpc) is 4.08. The monoisotopic (exact) mass is 811 g/mol. The Morgan fingerprint density at radius 3 is 1.72 bits per heavy atom. The van der Waals surface area contributed by atoms with Crippen molar-refractivity contribution in [3.8, 4) is 17.2 Å². The summed E-state index contributed by atoms with van der Waals surface area (Å²) in [6.45, 7) is 8.33. The third-order valence-corrected chi connectivity index (χ3v) is 12.0. The molecule has 4 amide bonds. The van der Waals surface area contributed by atoms with E-state index in [1.165, 1.54) is 14.2 Å². The van der Waals surface area contributed by atoms with Crippen LogP contribution in [-0.4, -0.2) is 93.1 Å². The number of likely N-dealkylation sites (tertiary alicyclic amines) is 2. The van der Waals surface area contributed by atoms with Crippen LogP contribution in [0.4, 0.5) is 9.59 Å². The van der Waals surface area contributed by atoms with E-state index in [0.29, 0.717) is 18.8 Å². The lowest BCUT2D eigenvalue weighted by Crippen LogP contribution is -2.51. The summed E-state index contributed by atoms with van der Waals surface area (Å²) in [5, 5.41) is 19.3. The first-order valence-corrected chi connectivity index (χ1v) is 20.4. The lowest BCUT2D eigenvalue weighted by Gasteiger charge is -2.29. The average molecular weight is 812 g/mol. The van der Waals surface area contributed by atoms with Crippen LogP contribution in [0.25, 0.3) is 54.7 Å². The third kappa shape index (κ3) is 7.31. The molecule has 15 nitrogen and oxygen atoms in total. The second-order valence-corrected chi connectivity index (χ2v) is 16.5. The molecule has 4 N–H and O–H groups in total. The van der Waals surface area contributed by atoms with Crippen LogP contribution in [0.5, 0.6) is 0 Å². The molecule has 4 heterocycles. The molecule has 15 heteroatoms. The first kappa shape index (κ1) is 40.1. The zero-order chi connectivity index (χ0) is 42.4. The minimum Gasteiger partial charge on any atom is -0.453 e. The van der Waals surface area contributed by atoms with Crippen LogP contribution >= 0.6 is 0 Å². The second kappa shape index (κ2) is 16.2. The molecule has 0 saturated carbocycles. The lowest BCUT2D eigenvalue weighted by atomic mass is 9.98. The number of hydrogen-bond donors (Lipinski definition) is 4. The van der Waals surface area contributed by atoms with Gasteiger partial charge in [-0.2, -0.15) is 5.26 Å². The van der Waals surface area contributed by atoms with Crippen molar-refractivity contribution in [2.24, 2.45) is 17.8 Å². The van der Waals surface area contributed by atoms with Crippen LogP contribution in [0.1, 0.15) is 70.7 Å². The number of methoxy groups -OCH3 is 2. The van der Waals surface area contributed by atoms with Crippen molar-refractivity contribution in [3.63, 3.8) is 0 Å². The summed E-state index contributed by atoms with van der Waals surface area (Å²) in [4.78, 5) is 72.1. The number of aromatic amines is 2. The number of rotatable bonds is 9. The molecule has 5 atom stereocenters. The van der Waals surface area contributed by atoms with Gasteiger partial charge in [-0.05, 0) is 77.3 Å². The maximum atomic E-state index is 13.9. The number of benzene rings is 4. The van der Waals surface area contributed by atoms with Crippen molar-refractivity contribution in [1.29, 1.82) is 5.26 Å². The van der Waals surface area contributed by atoms with Gasteiger partial charge in [-0.1, -0.05) is 64.1 Å². The fourth-order valence-electron chi connectivity index (χ4n) is 8.84. The van der Waals surface area contributed by atoms with Crippen LogP contribution in [-0.2, 0) is 19.1 Å². The van der Waals surface area contributed by atoms with E-state index in [2.05, 4.69) is 69.1 Å². The number of nitriles is 1. The van der Waals surface area contributed by atoms with Crippen LogP contribution < -0.4 is 10.6 Å². The number of hydrogen-bond acceptors (Lipinski definition) is 9. The van der Waals surface area contributed by atoms with Gasteiger partial charge in [-0.3, -0.25) is 9.59 Å². The highest BCUT2D eigenvalue weighted by Crippen LogP contribution is 2.39. The molecule has 6 aromatic rings. The predicted octanol–water partition coefficient (Wildman–Crippen LogP) is 7.25. The van der Waals surface area contributed by atoms with Crippen LogP contribution in [0.15, 0.2) is 60.7 Å². The van der Waals surface area contributed by atoms with E-state index in [9.17, 15) is 24.4 Å². The van der Waals surface area contributed by atoms with E-state index in [0.717, 1.165) is 73.4 Å². The van der Waals surface area contributed by atoms with Crippen molar-refractivity contribution in [2.45, 2.75) is 71.1 Å². The molecule has 2 aliphatic heterocycles.